The summed E-state index contributed by atoms with van der Waals surface area (Å²) in [6, 6.07) is -0.338. The Labute approximate surface area is 103 Å². The van der Waals surface area contributed by atoms with Gasteiger partial charge in [0.1, 0.15) is 6.04 Å². The van der Waals surface area contributed by atoms with Gasteiger partial charge < -0.3 is 9.84 Å². The lowest BCUT2D eigenvalue weighted by Gasteiger charge is -2.17. The summed E-state index contributed by atoms with van der Waals surface area (Å²) in [5.74, 6) is -1.06. The molecule has 0 saturated heterocycles. The van der Waals surface area contributed by atoms with Gasteiger partial charge in [-0.3, -0.25) is 9.59 Å². The monoisotopic (exact) mass is 329 g/mol. The molecule has 0 spiro atoms. The van der Waals surface area contributed by atoms with Crippen molar-refractivity contribution >= 4 is 34.8 Å². The van der Waals surface area contributed by atoms with Crippen molar-refractivity contribution in [2.45, 2.75) is 32.7 Å². The zero-order valence-corrected chi connectivity index (χ0v) is 11.0. The maximum absolute atomic E-state index is 11.4. The molecule has 1 unspecified atom stereocenters. The van der Waals surface area contributed by atoms with E-state index in [2.05, 4.69) is 3.53 Å². The Kier molecular flexibility index (Phi) is 7.67. The van der Waals surface area contributed by atoms with Gasteiger partial charge in [0, 0.05) is 29.3 Å². The lowest BCUT2D eigenvalue weighted by molar-refractivity contribution is -0.148. The molecule has 0 aliphatic carbocycles. The minimum Gasteiger partial charge on any atom is -0.481 e. The fourth-order valence-corrected chi connectivity index (χ4v) is 1.90. The van der Waals surface area contributed by atoms with Crippen LogP contribution in [0, 0.1) is 5.92 Å². The van der Waals surface area contributed by atoms with Crippen molar-refractivity contribution in [1.29, 1.82) is 0 Å². The second kappa shape index (κ2) is 7.86. The number of hydrogen-bond acceptors (Lipinski definition) is 4. The number of carbonyl (C=O) groups is 2. The number of halogens is 1. The molecule has 1 atom stereocenters. The van der Waals surface area contributed by atoms with E-state index in [9.17, 15) is 9.59 Å². The van der Waals surface area contributed by atoms with Crippen LogP contribution in [0.5, 0.6) is 0 Å². The van der Waals surface area contributed by atoms with Crippen molar-refractivity contribution in [2.75, 3.05) is 6.61 Å². The van der Waals surface area contributed by atoms with E-state index in [0.29, 0.717) is 6.42 Å². The number of rotatable bonds is 7. The van der Waals surface area contributed by atoms with E-state index in [4.69, 9.17) is 9.84 Å². The molecule has 0 amide bonds. The molecule has 15 heavy (non-hydrogen) atoms. The van der Waals surface area contributed by atoms with Crippen LogP contribution in [0.3, 0.4) is 0 Å². The van der Waals surface area contributed by atoms with Crippen molar-refractivity contribution in [2.24, 2.45) is 5.92 Å². The van der Waals surface area contributed by atoms with Crippen LogP contribution in [0.15, 0.2) is 0 Å². The van der Waals surface area contributed by atoms with Crippen LogP contribution in [0.2, 0.25) is 0 Å². The van der Waals surface area contributed by atoms with Gasteiger partial charge in [-0.25, -0.2) is 3.53 Å². The molecule has 0 aromatic carbocycles. The predicted molar refractivity (Wildman–Crippen MR) is 63.6 cm³/mol. The van der Waals surface area contributed by atoms with Crippen LogP contribution >= 0.6 is 22.9 Å². The molecule has 0 radical (unpaired) electrons. The highest BCUT2D eigenvalue weighted by Crippen LogP contribution is 2.06. The number of carboxylic acid groups (broad SMARTS) is 1. The van der Waals surface area contributed by atoms with Gasteiger partial charge in [-0.15, -0.1) is 0 Å². The Hall–Kier alpha value is -0.370. The molecule has 0 aromatic heterocycles. The summed E-state index contributed by atoms with van der Waals surface area (Å²) >= 11 is 1.91. The molecule has 0 aromatic rings. The number of hydrogen-bond donors (Lipinski definition) is 2. The number of esters is 1. The molecule has 0 rings (SSSR count). The largest absolute Gasteiger partial charge is 0.481 e. The van der Waals surface area contributed by atoms with Crippen molar-refractivity contribution in [1.82, 2.24) is 3.53 Å². The van der Waals surface area contributed by atoms with Crippen molar-refractivity contribution in [3.8, 4) is 0 Å². The van der Waals surface area contributed by atoms with Gasteiger partial charge in [0.15, 0.2) is 0 Å². The molecule has 6 heteroatoms. The molecule has 5 nitrogen and oxygen atoms in total. The molecule has 88 valence electrons. The van der Waals surface area contributed by atoms with Crippen LogP contribution in [-0.4, -0.2) is 29.7 Å². The molecule has 0 fully saturated rings. The standard InChI is InChI=1S/C9H16INO4/c1-6(2)8(11-10)9(14)15-5-3-4-7(12)13/h6,8,11H,3-5H2,1-2H3,(H,12,13). The van der Waals surface area contributed by atoms with Gasteiger partial charge in [-0.2, -0.15) is 0 Å². The van der Waals surface area contributed by atoms with Gasteiger partial charge >= 0.3 is 11.9 Å². The zero-order chi connectivity index (χ0) is 11.8. The van der Waals surface area contributed by atoms with Gasteiger partial charge in [-0.05, 0) is 12.3 Å². The van der Waals surface area contributed by atoms with E-state index < -0.39 is 5.97 Å². The number of carbonyl (C=O) groups excluding carboxylic acids is 1. The average molecular weight is 329 g/mol. The number of ether oxygens (including phenoxy) is 1. The van der Waals surface area contributed by atoms with Gasteiger partial charge in [-0.1, -0.05) is 13.8 Å². The molecule has 0 aliphatic rings. The van der Waals surface area contributed by atoms with E-state index in [0.717, 1.165) is 0 Å². The lowest BCUT2D eigenvalue weighted by Crippen LogP contribution is -2.37. The SMILES string of the molecule is CC(C)C(NI)C(=O)OCCCC(=O)O. The fourth-order valence-electron chi connectivity index (χ4n) is 0.929. The molecule has 2 N–H and O–H groups in total. The zero-order valence-electron chi connectivity index (χ0n) is 8.83. The van der Waals surface area contributed by atoms with E-state index in [-0.39, 0.29) is 31.0 Å². The Bertz CT molecular complexity index is 220. The predicted octanol–water partition coefficient (Wildman–Crippen LogP) is 1.36. The minimum atomic E-state index is -0.876. The molecule has 0 saturated carbocycles. The highest BCUT2D eigenvalue weighted by molar-refractivity contribution is 14.1. The number of nitrogens with one attached hydrogen (secondary N) is 1. The lowest BCUT2D eigenvalue weighted by atomic mass is 10.1. The van der Waals surface area contributed by atoms with Crippen LogP contribution in [-0.2, 0) is 14.3 Å². The Morgan fingerprint density at radius 2 is 2.07 bits per heavy atom. The molecule has 0 heterocycles. The van der Waals surface area contributed by atoms with Crippen molar-refractivity contribution in [3.05, 3.63) is 0 Å². The fraction of sp³-hybridized carbons (Fsp3) is 0.778. The summed E-state index contributed by atoms with van der Waals surface area (Å²) in [4.78, 5) is 21.6. The van der Waals surface area contributed by atoms with E-state index in [1.54, 1.807) is 0 Å². The highest BCUT2D eigenvalue weighted by atomic mass is 127. The summed E-state index contributed by atoms with van der Waals surface area (Å²) in [5, 5.41) is 8.37. The van der Waals surface area contributed by atoms with Crippen molar-refractivity contribution in [3.63, 3.8) is 0 Å². The maximum atomic E-state index is 11.4. The Balaban J connectivity index is 3.77. The van der Waals surface area contributed by atoms with Crippen LogP contribution in [0.25, 0.3) is 0 Å². The summed E-state index contributed by atoms with van der Waals surface area (Å²) < 4.78 is 7.77. The Morgan fingerprint density at radius 1 is 1.47 bits per heavy atom. The molecule has 0 aliphatic heterocycles. The third kappa shape index (κ3) is 6.67. The average Bonchev–Trinajstić information content (AvgIpc) is 2.12. The molecule has 0 bridgehead atoms. The molecular weight excluding hydrogens is 313 g/mol. The molecular formula is C9H16INO4. The second-order valence-electron chi connectivity index (χ2n) is 3.50. The first-order valence-corrected chi connectivity index (χ1v) is 5.81. The quantitative estimate of drug-likeness (QED) is 0.319. The second-order valence-corrected chi connectivity index (χ2v) is 4.12. The number of carboxylic acids is 1. The smallest absolute Gasteiger partial charge is 0.324 e. The van der Waals surface area contributed by atoms with Crippen LogP contribution in [0.4, 0.5) is 0 Å². The van der Waals surface area contributed by atoms with Gasteiger partial charge in [0.05, 0.1) is 6.61 Å². The van der Waals surface area contributed by atoms with Gasteiger partial charge in [0.25, 0.3) is 0 Å². The topological polar surface area (TPSA) is 75.6 Å². The first-order chi connectivity index (χ1) is 6.99. The summed E-state index contributed by atoms with van der Waals surface area (Å²) in [6.07, 6.45) is 0.379. The highest BCUT2D eigenvalue weighted by Gasteiger charge is 2.21. The first-order valence-electron chi connectivity index (χ1n) is 4.73. The summed E-state index contributed by atoms with van der Waals surface area (Å²) in [5.41, 5.74) is 0. The number of aliphatic carboxylic acids is 1. The Morgan fingerprint density at radius 3 is 2.47 bits per heavy atom. The summed E-state index contributed by atoms with van der Waals surface area (Å²) in [7, 11) is 0. The van der Waals surface area contributed by atoms with E-state index in [1.165, 1.54) is 0 Å². The van der Waals surface area contributed by atoms with Crippen molar-refractivity contribution < 1.29 is 19.4 Å². The van der Waals surface area contributed by atoms with E-state index in [1.807, 2.05) is 36.7 Å². The first kappa shape index (κ1) is 14.6. The van der Waals surface area contributed by atoms with Crippen LogP contribution in [0.1, 0.15) is 26.7 Å². The van der Waals surface area contributed by atoms with Crippen LogP contribution < -0.4 is 3.53 Å². The summed E-state index contributed by atoms with van der Waals surface area (Å²) in [6.45, 7) is 3.98. The minimum absolute atomic E-state index is 0.0251. The van der Waals surface area contributed by atoms with Gasteiger partial charge in [0.2, 0.25) is 0 Å². The van der Waals surface area contributed by atoms with E-state index >= 15 is 0 Å². The third-order valence-electron chi connectivity index (χ3n) is 1.82. The normalized spacial score (nSPS) is 12.5. The maximum Gasteiger partial charge on any atom is 0.324 e. The third-order valence-corrected chi connectivity index (χ3v) is 2.49.